The highest BCUT2D eigenvalue weighted by Gasteiger charge is 2.29. The summed E-state index contributed by atoms with van der Waals surface area (Å²) in [6.45, 7) is 1.32. The Kier molecular flexibility index (Phi) is 6.60. The Morgan fingerprint density at radius 3 is 2.67 bits per heavy atom. The summed E-state index contributed by atoms with van der Waals surface area (Å²) >= 11 is 6.54. The standard InChI is InChI=1S/C26H21ClFN5O5S/c1-13-18(28)11-20-22(30-13)21(17-5-4-8-29-25(17)34)23(26(35)32-39(3,36)37)33(20)12-15-9-14-6-7-16(38-2)10-19(14)31-24(15)27/h4-11H,12H2,1-3H3,(H,29,34)(H,32,35). The number of amides is 1. The number of H-pyrrole nitrogens is 1. The molecular weight excluding hydrogens is 549 g/mol. The molecule has 1 aromatic carbocycles. The fourth-order valence-electron chi connectivity index (χ4n) is 4.39. The fraction of sp³-hybridized carbons (Fsp3) is 0.154. The number of methoxy groups -OCH3 is 1. The molecule has 200 valence electrons. The molecule has 0 saturated heterocycles. The van der Waals surface area contributed by atoms with Crippen LogP contribution in [0.4, 0.5) is 4.39 Å². The maximum absolute atomic E-state index is 14.8. The number of aromatic nitrogens is 4. The van der Waals surface area contributed by atoms with Crippen molar-refractivity contribution in [2.75, 3.05) is 13.4 Å². The number of halogens is 2. The predicted octanol–water partition coefficient (Wildman–Crippen LogP) is 3.79. The van der Waals surface area contributed by atoms with E-state index in [4.69, 9.17) is 16.3 Å². The lowest BCUT2D eigenvalue weighted by molar-refractivity contribution is 0.0974. The van der Waals surface area contributed by atoms with Crippen LogP contribution >= 0.6 is 11.6 Å². The maximum Gasteiger partial charge on any atom is 0.282 e. The Bertz CT molecular complexity index is 1970. The van der Waals surface area contributed by atoms with Crippen molar-refractivity contribution < 1.29 is 22.3 Å². The topological polar surface area (TPSA) is 136 Å². The normalized spacial score (nSPS) is 11.7. The first kappa shape index (κ1) is 26.3. The van der Waals surface area contributed by atoms with E-state index in [2.05, 4.69) is 15.0 Å². The van der Waals surface area contributed by atoms with Gasteiger partial charge in [0.25, 0.3) is 11.5 Å². The second kappa shape index (κ2) is 9.79. The van der Waals surface area contributed by atoms with E-state index in [0.29, 0.717) is 22.2 Å². The largest absolute Gasteiger partial charge is 0.497 e. The molecule has 0 spiro atoms. The molecule has 5 rings (SSSR count). The molecule has 0 saturated carbocycles. The van der Waals surface area contributed by atoms with Crippen LogP contribution in [-0.4, -0.2) is 47.2 Å². The summed E-state index contributed by atoms with van der Waals surface area (Å²) in [7, 11) is -2.48. The van der Waals surface area contributed by atoms with E-state index in [1.807, 2.05) is 4.72 Å². The molecule has 0 aliphatic heterocycles. The number of pyridine rings is 3. The smallest absolute Gasteiger partial charge is 0.282 e. The molecule has 0 radical (unpaired) electrons. The Balaban J connectivity index is 1.83. The molecule has 0 unspecified atom stereocenters. The second-order valence-electron chi connectivity index (χ2n) is 8.85. The van der Waals surface area contributed by atoms with Gasteiger partial charge in [0.2, 0.25) is 10.0 Å². The molecule has 5 aromatic rings. The molecule has 4 aromatic heterocycles. The van der Waals surface area contributed by atoms with Gasteiger partial charge in [0.15, 0.2) is 0 Å². The summed E-state index contributed by atoms with van der Waals surface area (Å²) in [4.78, 5) is 37.6. The number of benzene rings is 1. The minimum absolute atomic E-state index is 0.0303. The first-order valence-corrected chi connectivity index (χ1v) is 13.8. The molecule has 0 fully saturated rings. The zero-order valence-electron chi connectivity index (χ0n) is 20.9. The third kappa shape index (κ3) is 4.95. The molecule has 2 N–H and O–H groups in total. The van der Waals surface area contributed by atoms with E-state index in [1.54, 1.807) is 30.3 Å². The average Bonchev–Trinajstić information content (AvgIpc) is 3.16. The number of aromatic amines is 1. The molecule has 0 aliphatic carbocycles. The number of hydrogen-bond acceptors (Lipinski definition) is 7. The van der Waals surface area contributed by atoms with E-state index in [0.717, 1.165) is 6.26 Å². The maximum atomic E-state index is 14.8. The Labute approximate surface area is 226 Å². The molecule has 39 heavy (non-hydrogen) atoms. The number of sulfonamides is 1. The lowest BCUT2D eigenvalue weighted by Gasteiger charge is -2.14. The Morgan fingerprint density at radius 1 is 1.21 bits per heavy atom. The van der Waals surface area contributed by atoms with Gasteiger partial charge in [0.05, 0.1) is 47.7 Å². The number of nitrogens with zero attached hydrogens (tertiary/aromatic N) is 3. The summed E-state index contributed by atoms with van der Waals surface area (Å²) in [5.74, 6) is -1.09. The minimum Gasteiger partial charge on any atom is -0.497 e. The van der Waals surface area contributed by atoms with Crippen LogP contribution in [0, 0.1) is 12.7 Å². The number of nitrogens with one attached hydrogen (secondary N) is 2. The van der Waals surface area contributed by atoms with Gasteiger partial charge in [-0.05, 0) is 37.3 Å². The first-order chi connectivity index (χ1) is 18.5. The predicted molar refractivity (Wildman–Crippen MR) is 145 cm³/mol. The van der Waals surface area contributed by atoms with Crippen molar-refractivity contribution in [3.05, 3.63) is 86.9 Å². The van der Waals surface area contributed by atoms with Crippen LogP contribution in [-0.2, 0) is 16.6 Å². The number of ether oxygens (including phenoxy) is 1. The monoisotopic (exact) mass is 569 g/mol. The molecule has 0 bridgehead atoms. The van der Waals surface area contributed by atoms with Crippen molar-refractivity contribution in [3.8, 4) is 16.9 Å². The molecule has 0 aliphatic rings. The number of aryl methyl sites for hydroxylation is 1. The summed E-state index contributed by atoms with van der Waals surface area (Å²) in [5, 5.41) is 0.820. The van der Waals surface area contributed by atoms with Crippen molar-refractivity contribution in [2.24, 2.45) is 0 Å². The van der Waals surface area contributed by atoms with Crippen LogP contribution in [0.2, 0.25) is 5.15 Å². The first-order valence-electron chi connectivity index (χ1n) is 11.5. The lowest BCUT2D eigenvalue weighted by atomic mass is 10.1. The molecule has 13 heteroatoms. The van der Waals surface area contributed by atoms with Gasteiger partial charge in [-0.25, -0.2) is 27.5 Å². The number of rotatable bonds is 6. The van der Waals surface area contributed by atoms with Crippen molar-refractivity contribution in [2.45, 2.75) is 13.5 Å². The van der Waals surface area contributed by atoms with Gasteiger partial charge < -0.3 is 14.3 Å². The van der Waals surface area contributed by atoms with E-state index in [-0.39, 0.29) is 45.2 Å². The van der Waals surface area contributed by atoms with Gasteiger partial charge in [-0.15, -0.1) is 0 Å². The summed E-state index contributed by atoms with van der Waals surface area (Å²) in [6, 6.07) is 11.2. The Morgan fingerprint density at radius 2 is 1.97 bits per heavy atom. The van der Waals surface area contributed by atoms with Crippen molar-refractivity contribution in [1.29, 1.82) is 0 Å². The molecule has 1 amide bonds. The van der Waals surface area contributed by atoms with Crippen LogP contribution in [0.3, 0.4) is 0 Å². The van der Waals surface area contributed by atoms with Crippen LogP contribution < -0.4 is 15.0 Å². The van der Waals surface area contributed by atoms with Gasteiger partial charge >= 0.3 is 0 Å². The van der Waals surface area contributed by atoms with Crippen LogP contribution in [0.25, 0.3) is 33.1 Å². The highest BCUT2D eigenvalue weighted by atomic mass is 35.5. The number of carbonyl (C=O) groups is 1. The van der Waals surface area contributed by atoms with Gasteiger partial charge in [-0.1, -0.05) is 11.6 Å². The fourth-order valence-corrected chi connectivity index (χ4v) is 5.03. The van der Waals surface area contributed by atoms with Crippen molar-refractivity contribution in [3.63, 3.8) is 0 Å². The second-order valence-corrected chi connectivity index (χ2v) is 11.0. The van der Waals surface area contributed by atoms with Crippen molar-refractivity contribution in [1.82, 2.24) is 24.2 Å². The average molecular weight is 570 g/mol. The zero-order chi connectivity index (χ0) is 28.1. The van der Waals surface area contributed by atoms with Gasteiger partial charge in [0.1, 0.15) is 22.4 Å². The van der Waals surface area contributed by atoms with Gasteiger partial charge in [-0.2, -0.15) is 0 Å². The highest BCUT2D eigenvalue weighted by molar-refractivity contribution is 7.89. The summed E-state index contributed by atoms with van der Waals surface area (Å²) < 4.78 is 47.5. The zero-order valence-corrected chi connectivity index (χ0v) is 22.4. The third-order valence-electron chi connectivity index (χ3n) is 6.13. The number of carbonyl (C=O) groups excluding carboxylic acids is 1. The van der Waals surface area contributed by atoms with Gasteiger partial charge in [0, 0.05) is 34.8 Å². The van der Waals surface area contributed by atoms with Crippen LogP contribution in [0.1, 0.15) is 21.7 Å². The van der Waals surface area contributed by atoms with E-state index in [9.17, 15) is 22.4 Å². The molecular formula is C26H21ClFN5O5S. The minimum atomic E-state index is -4.01. The molecule has 10 nitrogen and oxygen atoms in total. The molecule has 4 heterocycles. The van der Waals surface area contributed by atoms with Crippen molar-refractivity contribution >= 4 is 49.5 Å². The van der Waals surface area contributed by atoms with E-state index in [1.165, 1.54) is 36.9 Å². The molecule has 0 atom stereocenters. The lowest BCUT2D eigenvalue weighted by Crippen LogP contribution is -2.32. The summed E-state index contributed by atoms with van der Waals surface area (Å²) in [6.07, 6.45) is 2.24. The van der Waals surface area contributed by atoms with E-state index < -0.39 is 27.3 Å². The van der Waals surface area contributed by atoms with E-state index >= 15 is 0 Å². The quantitative estimate of drug-likeness (QED) is 0.297. The highest BCUT2D eigenvalue weighted by Crippen LogP contribution is 2.35. The Hall–Kier alpha value is -4.29. The SMILES string of the molecule is COc1ccc2cc(Cn3c(C(=O)NS(C)(=O)=O)c(-c4ccc[nH]c4=O)c4nc(C)c(F)cc43)c(Cl)nc2c1. The summed E-state index contributed by atoms with van der Waals surface area (Å²) in [5.41, 5.74) is 0.675. The van der Waals surface area contributed by atoms with Crippen LogP contribution in [0.5, 0.6) is 5.75 Å². The number of fused-ring (bicyclic) bond motifs is 2. The van der Waals surface area contributed by atoms with Crippen LogP contribution in [0.15, 0.2) is 53.5 Å². The number of hydrogen-bond donors (Lipinski definition) is 2. The third-order valence-corrected chi connectivity index (χ3v) is 7.01. The van der Waals surface area contributed by atoms with Gasteiger partial charge in [-0.3, -0.25) is 9.59 Å².